The van der Waals surface area contributed by atoms with Crippen molar-refractivity contribution in [3.63, 3.8) is 0 Å². The molecule has 2 rings (SSSR count). The molecule has 2 N–H and O–H groups in total. The first-order valence-corrected chi connectivity index (χ1v) is 8.14. The van der Waals surface area contributed by atoms with Gasteiger partial charge < -0.3 is 15.2 Å². The molecule has 0 aliphatic heterocycles. The first kappa shape index (κ1) is 15.7. The third kappa shape index (κ3) is 5.00. The van der Waals surface area contributed by atoms with E-state index >= 15 is 0 Å². The van der Waals surface area contributed by atoms with E-state index in [-0.39, 0.29) is 6.61 Å². The molecule has 0 bridgehead atoms. The number of hydrogen-bond donors (Lipinski definition) is 2. The average Bonchev–Trinajstić information content (AvgIpc) is 2.91. The van der Waals surface area contributed by atoms with Crippen molar-refractivity contribution in [3.05, 3.63) is 45.7 Å². The Kier molecular flexibility index (Phi) is 6.69. The Bertz CT molecular complexity index is 530. The Labute approximate surface area is 131 Å². The number of halogens is 1. The lowest BCUT2D eigenvalue weighted by atomic mass is 10.2. The molecule has 5 heteroatoms. The second-order valence-corrected chi connectivity index (χ2v) is 6.37. The molecule has 0 amide bonds. The molecule has 1 aromatic carbocycles. The second kappa shape index (κ2) is 8.54. The number of hydrogen-bond acceptors (Lipinski definition) is 4. The van der Waals surface area contributed by atoms with Crippen LogP contribution in [0.25, 0.3) is 10.4 Å². The van der Waals surface area contributed by atoms with Gasteiger partial charge in [0.15, 0.2) is 0 Å². The van der Waals surface area contributed by atoms with Gasteiger partial charge in [-0.05, 0) is 29.8 Å². The number of rotatable bonds is 8. The molecule has 0 saturated carbocycles. The summed E-state index contributed by atoms with van der Waals surface area (Å²) in [6, 6.07) is 12.7. The molecule has 0 fully saturated rings. The Morgan fingerprint density at radius 1 is 1.20 bits per heavy atom. The van der Waals surface area contributed by atoms with Crippen LogP contribution in [-0.2, 0) is 11.3 Å². The quantitative estimate of drug-likeness (QED) is 0.714. The summed E-state index contributed by atoms with van der Waals surface area (Å²) < 4.78 is 6.30. The minimum Gasteiger partial charge on any atom is -0.394 e. The van der Waals surface area contributed by atoms with Gasteiger partial charge in [-0.15, -0.1) is 11.3 Å². The van der Waals surface area contributed by atoms with Gasteiger partial charge in [0.05, 0.1) is 19.8 Å². The van der Waals surface area contributed by atoms with E-state index in [2.05, 4.69) is 51.6 Å². The van der Waals surface area contributed by atoms with Gasteiger partial charge in [-0.25, -0.2) is 0 Å². The van der Waals surface area contributed by atoms with Crippen LogP contribution in [0.1, 0.15) is 4.88 Å². The molecule has 20 heavy (non-hydrogen) atoms. The zero-order chi connectivity index (χ0) is 14.2. The molecule has 0 unspecified atom stereocenters. The SMILES string of the molecule is OCCOCCNCc1ccc(-c2cccc(Br)c2)s1. The fraction of sp³-hybridized carbons (Fsp3) is 0.333. The zero-order valence-electron chi connectivity index (χ0n) is 11.1. The highest BCUT2D eigenvalue weighted by molar-refractivity contribution is 9.10. The van der Waals surface area contributed by atoms with Gasteiger partial charge in [0, 0.05) is 27.3 Å². The highest BCUT2D eigenvalue weighted by atomic mass is 79.9. The van der Waals surface area contributed by atoms with E-state index in [4.69, 9.17) is 9.84 Å². The molecular formula is C15H18BrNO2S. The molecule has 108 valence electrons. The van der Waals surface area contributed by atoms with Crippen LogP contribution >= 0.6 is 27.3 Å². The van der Waals surface area contributed by atoms with Gasteiger partial charge >= 0.3 is 0 Å². The monoisotopic (exact) mass is 355 g/mol. The Morgan fingerprint density at radius 3 is 2.90 bits per heavy atom. The van der Waals surface area contributed by atoms with Crippen LogP contribution < -0.4 is 5.32 Å². The fourth-order valence-corrected chi connectivity index (χ4v) is 3.17. The molecule has 0 aliphatic carbocycles. The predicted molar refractivity (Wildman–Crippen MR) is 87.1 cm³/mol. The molecule has 1 aromatic heterocycles. The largest absolute Gasteiger partial charge is 0.394 e. The molecule has 3 nitrogen and oxygen atoms in total. The summed E-state index contributed by atoms with van der Waals surface area (Å²) in [5, 5.41) is 11.9. The molecule has 0 saturated heterocycles. The third-order valence-corrected chi connectivity index (χ3v) is 4.36. The summed E-state index contributed by atoms with van der Waals surface area (Å²) in [6.45, 7) is 2.77. The van der Waals surface area contributed by atoms with E-state index < -0.39 is 0 Å². The first-order valence-electron chi connectivity index (χ1n) is 6.53. The average molecular weight is 356 g/mol. The maximum absolute atomic E-state index is 8.58. The minimum absolute atomic E-state index is 0.0842. The molecule has 0 atom stereocenters. The van der Waals surface area contributed by atoms with Crippen LogP contribution in [0.3, 0.4) is 0 Å². The van der Waals surface area contributed by atoms with E-state index in [1.54, 1.807) is 11.3 Å². The van der Waals surface area contributed by atoms with Crippen molar-refractivity contribution in [1.82, 2.24) is 5.32 Å². The summed E-state index contributed by atoms with van der Waals surface area (Å²) in [7, 11) is 0. The highest BCUT2D eigenvalue weighted by Gasteiger charge is 2.03. The maximum Gasteiger partial charge on any atom is 0.0698 e. The Balaban J connectivity index is 1.80. The topological polar surface area (TPSA) is 41.5 Å². The van der Waals surface area contributed by atoms with Gasteiger partial charge in [-0.1, -0.05) is 28.1 Å². The predicted octanol–water partition coefficient (Wildman–Crippen LogP) is 3.28. The summed E-state index contributed by atoms with van der Waals surface area (Å²) in [5.74, 6) is 0. The van der Waals surface area contributed by atoms with E-state index in [1.807, 2.05) is 6.07 Å². The normalized spacial score (nSPS) is 10.9. The lowest BCUT2D eigenvalue weighted by Gasteiger charge is -2.03. The summed E-state index contributed by atoms with van der Waals surface area (Å²) >= 11 is 5.30. The van der Waals surface area contributed by atoms with Crippen LogP contribution in [0.15, 0.2) is 40.9 Å². The zero-order valence-corrected chi connectivity index (χ0v) is 13.5. The van der Waals surface area contributed by atoms with E-state index in [0.717, 1.165) is 17.6 Å². The van der Waals surface area contributed by atoms with Crippen LogP contribution in [0, 0.1) is 0 Å². The van der Waals surface area contributed by atoms with Gasteiger partial charge in [0.2, 0.25) is 0 Å². The second-order valence-electron chi connectivity index (χ2n) is 4.29. The van der Waals surface area contributed by atoms with Crippen molar-refractivity contribution >= 4 is 27.3 Å². The standard InChI is InChI=1S/C15H18BrNO2S/c16-13-3-1-2-12(10-13)15-5-4-14(20-15)11-17-6-8-19-9-7-18/h1-5,10,17-18H,6-9,11H2. The number of nitrogens with one attached hydrogen (secondary N) is 1. The molecule has 0 radical (unpaired) electrons. The summed E-state index contributed by atoms with van der Waals surface area (Å²) in [5.41, 5.74) is 1.24. The number of benzene rings is 1. The number of ether oxygens (including phenoxy) is 1. The van der Waals surface area contributed by atoms with Crippen molar-refractivity contribution in [3.8, 4) is 10.4 Å². The molecular weight excluding hydrogens is 338 g/mol. The van der Waals surface area contributed by atoms with E-state index in [0.29, 0.717) is 13.2 Å². The van der Waals surface area contributed by atoms with E-state index in [9.17, 15) is 0 Å². The van der Waals surface area contributed by atoms with Gasteiger partial charge in [0.25, 0.3) is 0 Å². The summed E-state index contributed by atoms with van der Waals surface area (Å²) in [4.78, 5) is 2.58. The Hall–Kier alpha value is -0.720. The number of aliphatic hydroxyl groups is 1. The minimum atomic E-state index is 0.0842. The highest BCUT2D eigenvalue weighted by Crippen LogP contribution is 2.29. The lowest BCUT2D eigenvalue weighted by molar-refractivity contribution is 0.0938. The van der Waals surface area contributed by atoms with Crippen molar-refractivity contribution in [2.45, 2.75) is 6.54 Å². The van der Waals surface area contributed by atoms with Gasteiger partial charge in [0.1, 0.15) is 0 Å². The van der Waals surface area contributed by atoms with Gasteiger partial charge in [-0.3, -0.25) is 0 Å². The van der Waals surface area contributed by atoms with Crippen molar-refractivity contribution in [2.24, 2.45) is 0 Å². The Morgan fingerprint density at radius 2 is 2.10 bits per heavy atom. The van der Waals surface area contributed by atoms with Crippen LogP contribution in [0.5, 0.6) is 0 Å². The molecule has 0 spiro atoms. The van der Waals surface area contributed by atoms with Crippen LogP contribution in [-0.4, -0.2) is 31.5 Å². The smallest absolute Gasteiger partial charge is 0.0698 e. The fourth-order valence-electron chi connectivity index (χ4n) is 1.79. The van der Waals surface area contributed by atoms with Crippen LogP contribution in [0.2, 0.25) is 0 Å². The number of aliphatic hydroxyl groups excluding tert-OH is 1. The van der Waals surface area contributed by atoms with Gasteiger partial charge in [-0.2, -0.15) is 0 Å². The first-order chi connectivity index (χ1) is 9.79. The molecule has 1 heterocycles. The maximum atomic E-state index is 8.58. The van der Waals surface area contributed by atoms with Crippen molar-refractivity contribution < 1.29 is 9.84 Å². The lowest BCUT2D eigenvalue weighted by Crippen LogP contribution is -2.19. The summed E-state index contributed by atoms with van der Waals surface area (Å²) in [6.07, 6.45) is 0. The number of thiophene rings is 1. The van der Waals surface area contributed by atoms with Crippen molar-refractivity contribution in [2.75, 3.05) is 26.4 Å². The molecule has 0 aliphatic rings. The van der Waals surface area contributed by atoms with Crippen molar-refractivity contribution in [1.29, 1.82) is 0 Å². The third-order valence-electron chi connectivity index (χ3n) is 2.73. The molecule has 2 aromatic rings. The van der Waals surface area contributed by atoms with Crippen LogP contribution in [0.4, 0.5) is 0 Å². The van der Waals surface area contributed by atoms with E-state index in [1.165, 1.54) is 15.3 Å².